The lowest BCUT2D eigenvalue weighted by atomic mass is 10.1. The summed E-state index contributed by atoms with van der Waals surface area (Å²) in [5.41, 5.74) is 2.93. The van der Waals surface area contributed by atoms with E-state index in [1.807, 2.05) is 19.1 Å². The number of ether oxygens (including phenoxy) is 3. The molecule has 0 aliphatic heterocycles. The molecule has 2 aromatic rings. The van der Waals surface area contributed by atoms with Crippen molar-refractivity contribution in [2.75, 3.05) is 26.1 Å². The molecule has 5 nitrogen and oxygen atoms in total. The van der Waals surface area contributed by atoms with Crippen LogP contribution in [0.4, 0.5) is 5.69 Å². The van der Waals surface area contributed by atoms with Crippen LogP contribution in [0.15, 0.2) is 36.4 Å². The zero-order chi connectivity index (χ0) is 18.2. The Morgan fingerprint density at radius 1 is 1.04 bits per heavy atom. The summed E-state index contributed by atoms with van der Waals surface area (Å²) in [4.78, 5) is 12.1. The van der Waals surface area contributed by atoms with Crippen LogP contribution in [0, 0.1) is 13.8 Å². The largest absolute Gasteiger partial charge is 0.497 e. The quantitative estimate of drug-likeness (QED) is 0.733. The molecule has 0 atom stereocenters. The smallest absolute Gasteiger partial charge is 0.224 e. The Labute approximate surface area is 148 Å². The van der Waals surface area contributed by atoms with Crippen LogP contribution in [0.2, 0.25) is 0 Å². The van der Waals surface area contributed by atoms with Crippen LogP contribution in [-0.2, 0) is 4.79 Å². The number of nitrogens with one attached hydrogen (secondary N) is 1. The number of anilines is 1. The number of methoxy groups -OCH3 is 2. The molecule has 0 unspecified atom stereocenters. The maximum atomic E-state index is 12.1. The van der Waals surface area contributed by atoms with Gasteiger partial charge < -0.3 is 19.5 Å². The summed E-state index contributed by atoms with van der Waals surface area (Å²) in [6.45, 7) is 4.58. The number of carbonyl (C=O) groups excluding carboxylic acids is 1. The fraction of sp³-hybridized carbons (Fsp3) is 0.350. The van der Waals surface area contributed by atoms with Crippen molar-refractivity contribution in [1.82, 2.24) is 0 Å². The molecule has 1 N–H and O–H groups in total. The molecule has 2 aromatic carbocycles. The molecule has 1 amide bonds. The first-order valence-electron chi connectivity index (χ1n) is 8.26. The van der Waals surface area contributed by atoms with Gasteiger partial charge in [-0.15, -0.1) is 0 Å². The predicted molar refractivity (Wildman–Crippen MR) is 98.8 cm³/mol. The summed E-state index contributed by atoms with van der Waals surface area (Å²) >= 11 is 0. The summed E-state index contributed by atoms with van der Waals surface area (Å²) < 4.78 is 16.2. The van der Waals surface area contributed by atoms with Gasteiger partial charge in [0.15, 0.2) is 0 Å². The van der Waals surface area contributed by atoms with Gasteiger partial charge in [0.2, 0.25) is 5.91 Å². The van der Waals surface area contributed by atoms with Gasteiger partial charge in [-0.05, 0) is 49.6 Å². The lowest BCUT2D eigenvalue weighted by molar-refractivity contribution is -0.116. The number of amides is 1. The van der Waals surface area contributed by atoms with Crippen LogP contribution >= 0.6 is 0 Å². The Bertz CT molecular complexity index is 728. The summed E-state index contributed by atoms with van der Waals surface area (Å²) in [5.74, 6) is 2.04. The highest BCUT2D eigenvalue weighted by molar-refractivity contribution is 5.92. The highest BCUT2D eigenvalue weighted by Crippen LogP contribution is 2.29. The Kier molecular flexibility index (Phi) is 6.69. The van der Waals surface area contributed by atoms with Crippen LogP contribution < -0.4 is 19.5 Å². The van der Waals surface area contributed by atoms with Crippen molar-refractivity contribution in [3.05, 3.63) is 47.5 Å². The molecule has 0 aromatic heterocycles. The molecule has 0 aliphatic rings. The number of benzene rings is 2. The zero-order valence-corrected chi connectivity index (χ0v) is 15.2. The fourth-order valence-corrected chi connectivity index (χ4v) is 2.42. The molecule has 0 saturated carbocycles. The highest BCUT2D eigenvalue weighted by atomic mass is 16.5. The van der Waals surface area contributed by atoms with E-state index in [0.717, 1.165) is 11.3 Å². The molecular weight excluding hydrogens is 318 g/mol. The third kappa shape index (κ3) is 5.14. The predicted octanol–water partition coefficient (Wildman–Crippen LogP) is 4.12. The molecule has 0 radical (unpaired) electrons. The molecule has 134 valence electrons. The van der Waals surface area contributed by atoms with Crippen LogP contribution in [-0.4, -0.2) is 26.7 Å². The zero-order valence-electron chi connectivity index (χ0n) is 15.2. The van der Waals surface area contributed by atoms with E-state index in [-0.39, 0.29) is 5.91 Å². The maximum absolute atomic E-state index is 12.1. The molecule has 0 heterocycles. The molecular formula is C20H25NO4. The van der Waals surface area contributed by atoms with Gasteiger partial charge in [0.05, 0.1) is 26.5 Å². The average Bonchev–Trinajstić information content (AvgIpc) is 2.62. The molecule has 0 aliphatic carbocycles. The van der Waals surface area contributed by atoms with Gasteiger partial charge in [-0.1, -0.05) is 12.1 Å². The first-order chi connectivity index (χ1) is 12.0. The average molecular weight is 343 g/mol. The molecule has 0 bridgehead atoms. The van der Waals surface area contributed by atoms with Gasteiger partial charge in [-0.3, -0.25) is 4.79 Å². The number of aryl methyl sites for hydroxylation is 1. The molecule has 0 fully saturated rings. The fourth-order valence-electron chi connectivity index (χ4n) is 2.42. The standard InChI is InChI=1S/C20H25NO4/c1-14-7-5-8-18(15(14)2)25-12-6-9-20(22)21-17-13-16(23-3)10-11-19(17)24-4/h5,7-8,10-11,13H,6,9,12H2,1-4H3,(H,21,22). The van der Waals surface area contributed by atoms with Gasteiger partial charge in [0.25, 0.3) is 0 Å². The first kappa shape index (κ1) is 18.6. The number of hydrogen-bond donors (Lipinski definition) is 1. The minimum absolute atomic E-state index is 0.0869. The first-order valence-corrected chi connectivity index (χ1v) is 8.26. The van der Waals surface area contributed by atoms with Crippen LogP contribution in [0.3, 0.4) is 0 Å². The van der Waals surface area contributed by atoms with E-state index in [9.17, 15) is 4.79 Å². The maximum Gasteiger partial charge on any atom is 0.224 e. The van der Waals surface area contributed by atoms with Gasteiger partial charge in [-0.2, -0.15) is 0 Å². The van der Waals surface area contributed by atoms with Crippen LogP contribution in [0.25, 0.3) is 0 Å². The molecule has 0 spiro atoms. The van der Waals surface area contributed by atoms with E-state index < -0.39 is 0 Å². The van der Waals surface area contributed by atoms with Crippen molar-refractivity contribution in [1.29, 1.82) is 0 Å². The van der Waals surface area contributed by atoms with E-state index >= 15 is 0 Å². The summed E-state index contributed by atoms with van der Waals surface area (Å²) in [6.07, 6.45) is 0.997. The SMILES string of the molecule is COc1ccc(OC)c(NC(=O)CCCOc2cccc(C)c2C)c1. The van der Waals surface area contributed by atoms with Crippen LogP contribution in [0.1, 0.15) is 24.0 Å². The Hall–Kier alpha value is -2.69. The third-order valence-corrected chi connectivity index (χ3v) is 4.04. The molecule has 2 rings (SSSR count). The summed E-state index contributed by atoms with van der Waals surface area (Å²) in [5, 5.41) is 2.86. The van der Waals surface area contributed by atoms with Crippen molar-refractivity contribution in [2.45, 2.75) is 26.7 Å². The lowest BCUT2D eigenvalue weighted by Gasteiger charge is -2.12. The van der Waals surface area contributed by atoms with E-state index in [0.29, 0.717) is 36.6 Å². The minimum Gasteiger partial charge on any atom is -0.497 e. The number of hydrogen-bond acceptors (Lipinski definition) is 4. The number of rotatable bonds is 8. The van der Waals surface area contributed by atoms with Gasteiger partial charge in [0, 0.05) is 12.5 Å². The lowest BCUT2D eigenvalue weighted by Crippen LogP contribution is -2.13. The molecule has 5 heteroatoms. The van der Waals surface area contributed by atoms with Crippen LogP contribution in [0.5, 0.6) is 17.2 Å². The minimum atomic E-state index is -0.0869. The van der Waals surface area contributed by atoms with E-state index in [1.165, 1.54) is 5.56 Å². The monoisotopic (exact) mass is 343 g/mol. The Morgan fingerprint density at radius 3 is 2.56 bits per heavy atom. The van der Waals surface area contributed by atoms with Crippen molar-refractivity contribution in [3.8, 4) is 17.2 Å². The van der Waals surface area contributed by atoms with E-state index in [1.54, 1.807) is 32.4 Å². The topological polar surface area (TPSA) is 56.8 Å². The summed E-state index contributed by atoms with van der Waals surface area (Å²) in [7, 11) is 3.15. The van der Waals surface area contributed by atoms with Crippen molar-refractivity contribution in [3.63, 3.8) is 0 Å². The molecule has 25 heavy (non-hydrogen) atoms. The Morgan fingerprint density at radius 2 is 1.84 bits per heavy atom. The van der Waals surface area contributed by atoms with Gasteiger partial charge in [0.1, 0.15) is 17.2 Å². The van der Waals surface area contributed by atoms with E-state index in [4.69, 9.17) is 14.2 Å². The Balaban J connectivity index is 1.84. The highest BCUT2D eigenvalue weighted by Gasteiger charge is 2.09. The second-order valence-electron chi connectivity index (χ2n) is 5.76. The van der Waals surface area contributed by atoms with Gasteiger partial charge in [-0.25, -0.2) is 0 Å². The number of carbonyl (C=O) groups is 1. The van der Waals surface area contributed by atoms with Crippen molar-refractivity contribution < 1.29 is 19.0 Å². The van der Waals surface area contributed by atoms with Crippen molar-refractivity contribution >= 4 is 11.6 Å². The normalized spacial score (nSPS) is 10.2. The second kappa shape index (κ2) is 8.97. The van der Waals surface area contributed by atoms with Gasteiger partial charge >= 0.3 is 0 Å². The van der Waals surface area contributed by atoms with E-state index in [2.05, 4.69) is 18.3 Å². The van der Waals surface area contributed by atoms with Crippen molar-refractivity contribution in [2.24, 2.45) is 0 Å². The summed E-state index contributed by atoms with van der Waals surface area (Å²) in [6, 6.07) is 11.3. The third-order valence-electron chi connectivity index (χ3n) is 4.04. The second-order valence-corrected chi connectivity index (χ2v) is 5.76. The molecule has 0 saturated heterocycles.